The summed E-state index contributed by atoms with van der Waals surface area (Å²) in [5.41, 5.74) is 2.18. The highest BCUT2D eigenvalue weighted by atomic mass is 32.2. The number of carbonyl (C=O) groups is 1. The molecule has 0 saturated carbocycles. The summed E-state index contributed by atoms with van der Waals surface area (Å²) in [6.45, 7) is 0. The van der Waals surface area contributed by atoms with Gasteiger partial charge in [-0.25, -0.2) is 9.37 Å². The molecule has 21 heavy (non-hydrogen) atoms. The third kappa shape index (κ3) is 2.73. The summed E-state index contributed by atoms with van der Waals surface area (Å²) >= 11 is 1.11. The smallest absolute Gasteiger partial charge is 0.313 e. The largest absolute Gasteiger partial charge is 0.481 e. The number of carboxylic acids is 1. The molecule has 3 rings (SSSR count). The van der Waals surface area contributed by atoms with Gasteiger partial charge in [-0.15, -0.1) is 0 Å². The molecule has 0 aliphatic rings. The summed E-state index contributed by atoms with van der Waals surface area (Å²) < 4.78 is 14.9. The molecule has 106 valence electrons. The quantitative estimate of drug-likeness (QED) is 0.751. The van der Waals surface area contributed by atoms with Gasteiger partial charge in [0.1, 0.15) is 11.3 Å². The normalized spacial score (nSPS) is 10.9. The van der Waals surface area contributed by atoms with E-state index in [2.05, 4.69) is 9.97 Å². The lowest BCUT2D eigenvalue weighted by molar-refractivity contribution is -0.133. The first-order valence-electron chi connectivity index (χ1n) is 6.08. The Labute approximate surface area is 123 Å². The van der Waals surface area contributed by atoms with E-state index in [0.29, 0.717) is 10.7 Å². The van der Waals surface area contributed by atoms with Crippen molar-refractivity contribution >= 4 is 28.8 Å². The second kappa shape index (κ2) is 5.53. The molecule has 0 aliphatic carbocycles. The Balaban J connectivity index is 2.15. The van der Waals surface area contributed by atoms with Crippen LogP contribution in [0.3, 0.4) is 0 Å². The van der Waals surface area contributed by atoms with Crippen LogP contribution in [-0.4, -0.2) is 31.4 Å². The molecule has 0 bridgehead atoms. The molecule has 0 radical (unpaired) electrons. The number of hydrogen-bond acceptors (Lipinski definition) is 4. The fraction of sp³-hybridized carbons (Fsp3) is 0.0714. The molecule has 3 aromatic rings. The van der Waals surface area contributed by atoms with Crippen LogP contribution in [0.4, 0.5) is 4.39 Å². The fourth-order valence-corrected chi connectivity index (χ4v) is 2.72. The van der Waals surface area contributed by atoms with E-state index in [1.165, 1.54) is 12.1 Å². The van der Waals surface area contributed by atoms with Crippen LogP contribution < -0.4 is 0 Å². The van der Waals surface area contributed by atoms with E-state index < -0.39 is 5.97 Å². The molecule has 0 amide bonds. The van der Waals surface area contributed by atoms with Crippen LogP contribution >= 0.6 is 11.8 Å². The molecule has 0 aliphatic heterocycles. The Kier molecular flexibility index (Phi) is 3.57. The van der Waals surface area contributed by atoms with Crippen molar-refractivity contribution in [1.29, 1.82) is 0 Å². The van der Waals surface area contributed by atoms with Gasteiger partial charge in [-0.2, -0.15) is 0 Å². The number of aliphatic carboxylic acids is 1. The molecule has 1 aromatic carbocycles. The third-order valence-electron chi connectivity index (χ3n) is 2.84. The molecule has 1 N–H and O–H groups in total. The Bertz CT molecular complexity index is 802. The van der Waals surface area contributed by atoms with Gasteiger partial charge in [0.2, 0.25) is 0 Å². The standard InChI is InChI=1S/C14H10FN3O2S/c15-9-1-3-10(4-2-9)18-12-5-6-16-7-11(12)17-14(18)21-8-13(19)20/h1-7H,8H2,(H,19,20). The van der Waals surface area contributed by atoms with Gasteiger partial charge in [0.15, 0.2) is 5.16 Å². The zero-order valence-corrected chi connectivity index (χ0v) is 11.5. The van der Waals surface area contributed by atoms with Crippen LogP contribution in [-0.2, 0) is 4.79 Å². The van der Waals surface area contributed by atoms with Crippen molar-refractivity contribution in [2.24, 2.45) is 0 Å². The van der Waals surface area contributed by atoms with E-state index in [-0.39, 0.29) is 11.6 Å². The molecular formula is C14H10FN3O2S. The molecule has 5 nitrogen and oxygen atoms in total. The first-order valence-corrected chi connectivity index (χ1v) is 7.07. The highest BCUT2D eigenvalue weighted by Gasteiger charge is 2.14. The number of halogens is 1. The average molecular weight is 303 g/mol. The third-order valence-corrected chi connectivity index (χ3v) is 3.76. The molecule has 7 heteroatoms. The van der Waals surface area contributed by atoms with Crippen LogP contribution in [0.25, 0.3) is 16.7 Å². The number of pyridine rings is 1. The first kappa shape index (κ1) is 13.6. The first-order chi connectivity index (χ1) is 10.1. The summed E-state index contributed by atoms with van der Waals surface area (Å²) in [7, 11) is 0. The van der Waals surface area contributed by atoms with Gasteiger partial charge >= 0.3 is 5.97 Å². The van der Waals surface area contributed by atoms with E-state index in [0.717, 1.165) is 23.0 Å². The molecule has 0 fully saturated rings. The van der Waals surface area contributed by atoms with Gasteiger partial charge in [-0.05, 0) is 30.3 Å². The van der Waals surface area contributed by atoms with Crippen molar-refractivity contribution in [2.45, 2.75) is 5.16 Å². The minimum absolute atomic E-state index is 0.0993. The number of benzene rings is 1. The minimum atomic E-state index is -0.921. The molecule has 0 saturated heterocycles. The summed E-state index contributed by atoms with van der Waals surface area (Å²) in [5.74, 6) is -1.35. The summed E-state index contributed by atoms with van der Waals surface area (Å²) in [6.07, 6.45) is 3.25. The monoisotopic (exact) mass is 303 g/mol. The lowest BCUT2D eigenvalue weighted by Gasteiger charge is -2.08. The number of carboxylic acid groups (broad SMARTS) is 1. The SMILES string of the molecule is O=C(O)CSc1nc2cnccc2n1-c1ccc(F)cc1. The number of nitrogens with zero attached hydrogens (tertiary/aromatic N) is 3. The summed E-state index contributed by atoms with van der Waals surface area (Å²) in [5, 5.41) is 9.36. The van der Waals surface area contributed by atoms with Crippen molar-refractivity contribution < 1.29 is 14.3 Å². The van der Waals surface area contributed by atoms with Gasteiger partial charge < -0.3 is 5.11 Å². The summed E-state index contributed by atoms with van der Waals surface area (Å²) in [4.78, 5) is 19.2. The predicted octanol–water partition coefficient (Wildman–Crippen LogP) is 2.74. The van der Waals surface area contributed by atoms with Gasteiger partial charge in [0, 0.05) is 11.9 Å². The minimum Gasteiger partial charge on any atom is -0.481 e. The van der Waals surface area contributed by atoms with Crippen LogP contribution in [0, 0.1) is 5.82 Å². The molecule has 0 spiro atoms. The maximum atomic E-state index is 13.1. The van der Waals surface area contributed by atoms with Gasteiger partial charge in [0.05, 0.1) is 17.5 Å². The van der Waals surface area contributed by atoms with Crippen LogP contribution in [0.1, 0.15) is 0 Å². The Hall–Kier alpha value is -2.41. The second-order valence-electron chi connectivity index (χ2n) is 4.25. The van der Waals surface area contributed by atoms with Crippen molar-refractivity contribution in [3.05, 3.63) is 48.5 Å². The lowest BCUT2D eigenvalue weighted by atomic mass is 10.3. The number of aromatic nitrogens is 3. The van der Waals surface area contributed by atoms with E-state index >= 15 is 0 Å². The molecule has 2 heterocycles. The van der Waals surface area contributed by atoms with E-state index in [1.807, 2.05) is 0 Å². The second-order valence-corrected chi connectivity index (χ2v) is 5.20. The molecule has 0 atom stereocenters. The molecule has 2 aromatic heterocycles. The van der Waals surface area contributed by atoms with Crippen molar-refractivity contribution in [2.75, 3.05) is 5.75 Å². The van der Waals surface area contributed by atoms with E-state index in [4.69, 9.17) is 5.11 Å². The number of imidazole rings is 1. The Morgan fingerprint density at radius 2 is 2.05 bits per heavy atom. The predicted molar refractivity (Wildman–Crippen MR) is 77.2 cm³/mol. The van der Waals surface area contributed by atoms with Crippen molar-refractivity contribution in [1.82, 2.24) is 14.5 Å². The zero-order valence-electron chi connectivity index (χ0n) is 10.7. The van der Waals surface area contributed by atoms with Gasteiger partial charge in [-0.3, -0.25) is 14.3 Å². The van der Waals surface area contributed by atoms with Crippen molar-refractivity contribution in [3.8, 4) is 5.69 Å². The van der Waals surface area contributed by atoms with Crippen LogP contribution in [0.15, 0.2) is 47.9 Å². The molecule has 0 unspecified atom stereocenters. The number of fused-ring (bicyclic) bond motifs is 1. The van der Waals surface area contributed by atoms with Crippen LogP contribution in [0.5, 0.6) is 0 Å². The maximum Gasteiger partial charge on any atom is 0.313 e. The highest BCUT2D eigenvalue weighted by Crippen LogP contribution is 2.27. The number of rotatable bonds is 4. The zero-order chi connectivity index (χ0) is 14.8. The van der Waals surface area contributed by atoms with Crippen LogP contribution in [0.2, 0.25) is 0 Å². The number of hydrogen-bond donors (Lipinski definition) is 1. The molecular weight excluding hydrogens is 293 g/mol. The Morgan fingerprint density at radius 1 is 1.29 bits per heavy atom. The maximum absolute atomic E-state index is 13.1. The number of thioether (sulfide) groups is 1. The Morgan fingerprint density at radius 3 is 2.76 bits per heavy atom. The van der Waals surface area contributed by atoms with Crippen molar-refractivity contribution in [3.63, 3.8) is 0 Å². The highest BCUT2D eigenvalue weighted by molar-refractivity contribution is 7.99. The van der Waals surface area contributed by atoms with Gasteiger partial charge in [0.25, 0.3) is 0 Å². The van der Waals surface area contributed by atoms with E-state index in [1.54, 1.807) is 35.2 Å². The lowest BCUT2D eigenvalue weighted by Crippen LogP contribution is -2.01. The average Bonchev–Trinajstić information content (AvgIpc) is 2.84. The van der Waals surface area contributed by atoms with E-state index in [9.17, 15) is 9.18 Å². The van der Waals surface area contributed by atoms with Gasteiger partial charge in [-0.1, -0.05) is 11.8 Å². The fourth-order valence-electron chi connectivity index (χ4n) is 1.97. The summed E-state index contributed by atoms with van der Waals surface area (Å²) in [6, 6.07) is 7.75. The topological polar surface area (TPSA) is 68.0 Å².